The number of anilines is 1. The number of sulfonamides is 1. The zero-order chi connectivity index (χ0) is 18.3. The van der Waals surface area contributed by atoms with E-state index in [1.54, 1.807) is 6.07 Å². The molecule has 2 heterocycles. The average molecular weight is 373 g/mol. The summed E-state index contributed by atoms with van der Waals surface area (Å²) in [4.78, 5) is 26.2. The first-order valence-corrected chi connectivity index (χ1v) is 10.2. The van der Waals surface area contributed by atoms with Crippen molar-refractivity contribution >= 4 is 27.6 Å². The van der Waals surface area contributed by atoms with Gasteiger partial charge < -0.3 is 10.2 Å². The zero-order valence-corrected chi connectivity index (χ0v) is 15.0. The van der Waals surface area contributed by atoms with Crippen molar-refractivity contribution in [1.29, 1.82) is 0 Å². The van der Waals surface area contributed by atoms with Gasteiger partial charge in [0.15, 0.2) is 0 Å². The number of hydrogen-bond acceptors (Lipinski definition) is 4. The van der Waals surface area contributed by atoms with Crippen molar-refractivity contribution in [1.82, 2.24) is 9.62 Å². The summed E-state index contributed by atoms with van der Waals surface area (Å²) in [6.07, 6.45) is 5.76. The Morgan fingerprint density at radius 1 is 1.31 bits per heavy atom. The summed E-state index contributed by atoms with van der Waals surface area (Å²) >= 11 is 0. The minimum Gasteiger partial charge on any atom is -0.338 e. The van der Waals surface area contributed by atoms with Crippen LogP contribution in [0.2, 0.25) is 0 Å². The van der Waals surface area contributed by atoms with Crippen molar-refractivity contribution in [3.05, 3.63) is 35.9 Å². The number of allylic oxidation sites excluding steroid dienone is 2. The van der Waals surface area contributed by atoms with Crippen LogP contribution in [0.5, 0.6) is 0 Å². The Morgan fingerprint density at radius 2 is 2.12 bits per heavy atom. The van der Waals surface area contributed by atoms with Crippen molar-refractivity contribution < 1.29 is 18.0 Å². The molecular weight excluding hydrogens is 354 g/mol. The number of fused-ring (bicyclic) bond motifs is 6. The molecule has 2 bridgehead atoms. The lowest BCUT2D eigenvalue weighted by Crippen LogP contribution is -2.39. The third-order valence-corrected chi connectivity index (χ3v) is 7.93. The van der Waals surface area contributed by atoms with E-state index in [0.29, 0.717) is 36.4 Å². The van der Waals surface area contributed by atoms with E-state index in [1.165, 1.54) is 18.6 Å². The molecule has 8 heteroatoms. The van der Waals surface area contributed by atoms with Gasteiger partial charge in [0, 0.05) is 18.7 Å². The van der Waals surface area contributed by atoms with Gasteiger partial charge >= 0.3 is 6.03 Å². The van der Waals surface area contributed by atoms with Crippen LogP contribution in [-0.2, 0) is 10.0 Å². The lowest BCUT2D eigenvalue weighted by molar-refractivity contribution is 0.0764. The first kappa shape index (κ1) is 15.9. The van der Waals surface area contributed by atoms with Gasteiger partial charge in [0.25, 0.3) is 15.9 Å². The van der Waals surface area contributed by atoms with E-state index >= 15 is 0 Å². The fraction of sp³-hybridized carbons (Fsp3) is 0.444. The Hall–Kier alpha value is -2.35. The van der Waals surface area contributed by atoms with Gasteiger partial charge in [-0.15, -0.1) is 0 Å². The number of amides is 3. The maximum atomic E-state index is 13.0. The molecule has 0 radical (unpaired) electrons. The van der Waals surface area contributed by atoms with E-state index < -0.39 is 16.1 Å². The van der Waals surface area contributed by atoms with Crippen LogP contribution in [0.4, 0.5) is 10.5 Å². The Balaban J connectivity index is 1.45. The maximum absolute atomic E-state index is 13.0. The first-order valence-electron chi connectivity index (χ1n) is 8.73. The van der Waals surface area contributed by atoms with Gasteiger partial charge in [-0.2, -0.15) is 0 Å². The van der Waals surface area contributed by atoms with Crippen LogP contribution < -0.4 is 10.0 Å². The Morgan fingerprint density at radius 3 is 2.88 bits per heavy atom. The number of nitrogens with one attached hydrogen (secondary N) is 2. The van der Waals surface area contributed by atoms with E-state index in [4.69, 9.17) is 0 Å². The Bertz CT molecular complexity index is 986. The molecule has 0 unspecified atom stereocenters. The predicted octanol–water partition coefficient (Wildman–Crippen LogP) is 1.79. The molecule has 4 aliphatic rings. The minimum atomic E-state index is -3.95. The molecule has 2 N–H and O–H groups in total. The molecule has 1 saturated heterocycles. The molecule has 1 aromatic carbocycles. The summed E-state index contributed by atoms with van der Waals surface area (Å²) in [6, 6.07) is 3.61. The molecule has 136 valence electrons. The topological polar surface area (TPSA) is 95.6 Å². The third kappa shape index (κ3) is 2.02. The largest absolute Gasteiger partial charge is 0.338 e. The second-order valence-corrected chi connectivity index (χ2v) is 9.61. The number of carbonyl (C=O) groups is 2. The van der Waals surface area contributed by atoms with Gasteiger partial charge in [0.2, 0.25) is 0 Å². The molecule has 0 spiro atoms. The minimum absolute atomic E-state index is 0.0738. The van der Waals surface area contributed by atoms with E-state index in [2.05, 4.69) is 24.4 Å². The van der Waals surface area contributed by atoms with Gasteiger partial charge in [-0.1, -0.05) is 19.1 Å². The maximum Gasteiger partial charge on any atom is 0.333 e. The van der Waals surface area contributed by atoms with E-state index in [1.807, 2.05) is 9.62 Å². The van der Waals surface area contributed by atoms with Crippen LogP contribution in [0.1, 0.15) is 23.7 Å². The van der Waals surface area contributed by atoms with Gasteiger partial charge in [0.05, 0.1) is 5.69 Å². The standard InChI is InChI=1S/C18H19N3O4S/c1-18-9-21(8-13(18)10-2-4-12(18)6-10)16(22)11-3-5-14-15(7-11)26(24,25)20-17(23)19-14/h2-5,7,10,12-13H,6,8-9H2,1H3,(H2,19,20,23)/t10-,12+,13-,18+/m0/s1. The van der Waals surface area contributed by atoms with Crippen LogP contribution in [0.3, 0.4) is 0 Å². The van der Waals surface area contributed by atoms with Crippen LogP contribution >= 0.6 is 0 Å². The van der Waals surface area contributed by atoms with Crippen LogP contribution in [-0.4, -0.2) is 38.3 Å². The van der Waals surface area contributed by atoms with Crippen LogP contribution in [0.25, 0.3) is 0 Å². The van der Waals surface area contributed by atoms with Crippen molar-refractivity contribution in [2.24, 2.45) is 23.2 Å². The molecule has 0 aromatic heterocycles. The highest BCUT2D eigenvalue weighted by Crippen LogP contribution is 2.59. The van der Waals surface area contributed by atoms with Crippen LogP contribution in [0, 0.1) is 23.2 Å². The predicted molar refractivity (Wildman–Crippen MR) is 94.0 cm³/mol. The second-order valence-electron chi connectivity index (χ2n) is 7.96. The monoisotopic (exact) mass is 373 g/mol. The van der Waals surface area contributed by atoms with Gasteiger partial charge in [-0.25, -0.2) is 17.9 Å². The highest BCUT2D eigenvalue weighted by Gasteiger charge is 2.58. The molecule has 1 aromatic rings. The van der Waals surface area contributed by atoms with Crippen LogP contribution in [0.15, 0.2) is 35.2 Å². The molecular formula is C18H19N3O4S. The summed E-state index contributed by atoms with van der Waals surface area (Å²) in [5.74, 6) is 1.39. The Kier molecular flexibility index (Phi) is 2.98. The zero-order valence-electron chi connectivity index (χ0n) is 14.2. The normalized spacial score (nSPS) is 35.7. The van der Waals surface area contributed by atoms with Crippen molar-refractivity contribution in [2.75, 3.05) is 18.4 Å². The molecule has 4 atom stereocenters. The summed E-state index contributed by atoms with van der Waals surface area (Å²) in [7, 11) is -3.95. The highest BCUT2D eigenvalue weighted by atomic mass is 32.2. The summed E-state index contributed by atoms with van der Waals surface area (Å²) < 4.78 is 26.3. The lowest BCUT2D eigenvalue weighted by atomic mass is 9.72. The third-order valence-electron chi connectivity index (χ3n) is 6.56. The molecule has 5 rings (SSSR count). The average Bonchev–Trinajstić information content (AvgIpc) is 3.23. The summed E-state index contributed by atoms with van der Waals surface area (Å²) in [5, 5.41) is 2.45. The number of benzene rings is 1. The number of rotatable bonds is 1. The second kappa shape index (κ2) is 4.88. The SMILES string of the molecule is C[C@]12CN(C(=O)c3ccc4c(c3)S(=O)(=O)NC(=O)N4)C[C@H]1[C@H]1C=C[C@@H]2C1. The number of urea groups is 1. The molecule has 2 aliphatic heterocycles. The molecule has 2 aliphatic carbocycles. The van der Waals surface area contributed by atoms with E-state index in [-0.39, 0.29) is 21.9 Å². The number of carbonyl (C=O) groups excluding carboxylic acids is 2. The van der Waals surface area contributed by atoms with Gasteiger partial charge in [0.1, 0.15) is 4.90 Å². The van der Waals surface area contributed by atoms with Crippen molar-refractivity contribution in [2.45, 2.75) is 18.2 Å². The van der Waals surface area contributed by atoms with E-state index in [0.717, 1.165) is 0 Å². The fourth-order valence-corrected chi connectivity index (χ4v) is 6.31. The number of hydrogen-bond donors (Lipinski definition) is 2. The molecule has 2 fully saturated rings. The first-order chi connectivity index (χ1) is 12.3. The molecule has 1 saturated carbocycles. The highest BCUT2D eigenvalue weighted by molar-refractivity contribution is 7.90. The quantitative estimate of drug-likeness (QED) is 0.734. The molecule has 26 heavy (non-hydrogen) atoms. The molecule has 7 nitrogen and oxygen atoms in total. The smallest absolute Gasteiger partial charge is 0.333 e. The lowest BCUT2D eigenvalue weighted by Gasteiger charge is -2.31. The molecule has 3 amide bonds. The van der Waals surface area contributed by atoms with Crippen molar-refractivity contribution in [3.8, 4) is 0 Å². The van der Waals surface area contributed by atoms with Gasteiger partial charge in [-0.3, -0.25) is 4.79 Å². The number of nitrogens with zero attached hydrogens (tertiary/aromatic N) is 1. The van der Waals surface area contributed by atoms with Gasteiger partial charge in [-0.05, 0) is 47.8 Å². The van der Waals surface area contributed by atoms with Crippen molar-refractivity contribution in [3.63, 3.8) is 0 Å². The Labute approximate surface area is 151 Å². The fourth-order valence-electron chi connectivity index (χ4n) is 5.21. The summed E-state index contributed by atoms with van der Waals surface area (Å²) in [5.41, 5.74) is 0.636. The number of likely N-dealkylation sites (tertiary alicyclic amines) is 1. The summed E-state index contributed by atoms with van der Waals surface area (Å²) in [6.45, 7) is 3.66. The van der Waals surface area contributed by atoms with E-state index in [9.17, 15) is 18.0 Å².